The predicted molar refractivity (Wildman–Crippen MR) is 78.6 cm³/mol. The first kappa shape index (κ1) is 13.9. The van der Waals surface area contributed by atoms with Crippen LogP contribution < -0.4 is 11.1 Å². The highest BCUT2D eigenvalue weighted by molar-refractivity contribution is 7.88. The van der Waals surface area contributed by atoms with Crippen LogP contribution >= 0.6 is 11.3 Å². The number of carbonyl (C=O) groups excluding carboxylic acids is 1. The third kappa shape index (κ3) is 3.99. The summed E-state index contributed by atoms with van der Waals surface area (Å²) >= 11 is 1.39. The predicted octanol–water partition coefficient (Wildman–Crippen LogP) is 1.95. The lowest BCUT2D eigenvalue weighted by atomic mass is 10.2. The minimum Gasteiger partial charge on any atom is -0.326 e. The Morgan fingerprint density at radius 1 is 1.32 bits per heavy atom. The number of nitrogens with one attached hydrogen (secondary N) is 1. The number of benzene rings is 1. The molecule has 19 heavy (non-hydrogen) atoms. The van der Waals surface area contributed by atoms with Crippen LogP contribution in [0.15, 0.2) is 46.0 Å². The Hall–Kier alpha value is -1.50. The molecule has 0 aliphatic rings. The van der Waals surface area contributed by atoms with E-state index >= 15 is 0 Å². The Morgan fingerprint density at radius 3 is 2.84 bits per heavy atom. The molecule has 1 aromatic carbocycles. The van der Waals surface area contributed by atoms with Crippen LogP contribution in [0.4, 0.5) is 5.69 Å². The van der Waals surface area contributed by atoms with Crippen LogP contribution in [0.5, 0.6) is 0 Å². The van der Waals surface area contributed by atoms with Crippen molar-refractivity contribution < 1.29 is 9.00 Å². The van der Waals surface area contributed by atoms with Crippen molar-refractivity contribution in [1.82, 2.24) is 0 Å². The van der Waals surface area contributed by atoms with Gasteiger partial charge in [0.15, 0.2) is 0 Å². The van der Waals surface area contributed by atoms with Gasteiger partial charge in [-0.05, 0) is 29.1 Å². The molecule has 0 aliphatic heterocycles. The van der Waals surface area contributed by atoms with Gasteiger partial charge in [0.05, 0.1) is 15.0 Å². The molecule has 1 unspecified atom stereocenters. The molecule has 0 spiro atoms. The summed E-state index contributed by atoms with van der Waals surface area (Å²) in [5.74, 6) is -0.297. The molecule has 6 heteroatoms. The molecule has 0 aliphatic carbocycles. The smallest absolute Gasteiger partial charge is 0.237 e. The molecule has 2 rings (SSSR count). The van der Waals surface area contributed by atoms with Crippen LogP contribution in [0.3, 0.4) is 0 Å². The molecule has 2 aromatic rings. The van der Waals surface area contributed by atoms with E-state index in [1.165, 1.54) is 11.3 Å². The third-order valence-corrected chi connectivity index (χ3v) is 5.05. The van der Waals surface area contributed by atoms with Crippen molar-refractivity contribution in [2.45, 2.75) is 10.8 Å². The van der Waals surface area contributed by atoms with Gasteiger partial charge in [-0.15, -0.1) is 11.3 Å². The van der Waals surface area contributed by atoms with E-state index in [1.54, 1.807) is 12.1 Å². The van der Waals surface area contributed by atoms with Crippen molar-refractivity contribution in [2.75, 3.05) is 11.1 Å². The van der Waals surface area contributed by atoms with E-state index in [-0.39, 0.29) is 11.7 Å². The molecular formula is C13H14N2O2S2. The number of amides is 1. The van der Waals surface area contributed by atoms with Crippen LogP contribution in [0.1, 0.15) is 5.56 Å². The molecule has 0 bridgehead atoms. The van der Waals surface area contributed by atoms with Gasteiger partial charge in [0.2, 0.25) is 5.91 Å². The van der Waals surface area contributed by atoms with Crippen molar-refractivity contribution >= 4 is 33.7 Å². The molecule has 100 valence electrons. The number of rotatable bonds is 5. The second-order valence-electron chi connectivity index (χ2n) is 3.87. The van der Waals surface area contributed by atoms with E-state index in [0.29, 0.717) is 16.4 Å². The maximum Gasteiger partial charge on any atom is 0.237 e. The molecule has 1 atom stereocenters. The molecule has 0 saturated heterocycles. The van der Waals surface area contributed by atoms with E-state index in [0.717, 1.165) is 5.56 Å². The summed E-state index contributed by atoms with van der Waals surface area (Å²) in [5, 5.41) is 4.57. The van der Waals surface area contributed by atoms with Gasteiger partial charge in [0, 0.05) is 12.2 Å². The van der Waals surface area contributed by atoms with E-state index in [9.17, 15) is 9.00 Å². The Labute approximate surface area is 118 Å². The van der Waals surface area contributed by atoms with E-state index in [1.807, 2.05) is 29.6 Å². The molecule has 0 radical (unpaired) electrons. The van der Waals surface area contributed by atoms with Crippen LogP contribution in [0, 0.1) is 0 Å². The largest absolute Gasteiger partial charge is 0.326 e. The van der Waals surface area contributed by atoms with Gasteiger partial charge < -0.3 is 11.1 Å². The summed E-state index contributed by atoms with van der Waals surface area (Å²) in [6.45, 7) is 0.421. The van der Waals surface area contributed by atoms with Crippen molar-refractivity contribution in [3.05, 3.63) is 47.3 Å². The maximum atomic E-state index is 11.9. The van der Waals surface area contributed by atoms with Crippen molar-refractivity contribution in [2.24, 2.45) is 5.73 Å². The molecule has 1 aromatic heterocycles. The van der Waals surface area contributed by atoms with Crippen molar-refractivity contribution in [3.63, 3.8) is 0 Å². The standard InChI is InChI=1S/C13H14N2O2S2/c14-8-10-3-1-4-11(7-10)15-12(16)9-19(17)13-5-2-6-18-13/h1-7H,8-9,14H2,(H,15,16). The number of hydrogen-bond acceptors (Lipinski definition) is 4. The van der Waals surface area contributed by atoms with Crippen LogP contribution in [0.25, 0.3) is 0 Å². The SMILES string of the molecule is NCc1cccc(NC(=O)CS(=O)c2cccs2)c1. The number of thiophene rings is 1. The van der Waals surface area contributed by atoms with Gasteiger partial charge in [-0.3, -0.25) is 9.00 Å². The summed E-state index contributed by atoms with van der Waals surface area (Å²) in [7, 11) is -1.28. The van der Waals surface area contributed by atoms with E-state index in [2.05, 4.69) is 5.32 Å². The number of carbonyl (C=O) groups is 1. The maximum absolute atomic E-state index is 11.9. The zero-order chi connectivity index (χ0) is 13.7. The fraction of sp³-hybridized carbons (Fsp3) is 0.154. The Morgan fingerprint density at radius 2 is 2.16 bits per heavy atom. The van der Waals surface area contributed by atoms with Gasteiger partial charge in [-0.1, -0.05) is 18.2 Å². The minimum absolute atomic E-state index is 0.0344. The fourth-order valence-electron chi connectivity index (χ4n) is 1.56. The minimum atomic E-state index is -1.28. The highest BCUT2D eigenvalue weighted by atomic mass is 32.2. The highest BCUT2D eigenvalue weighted by Crippen LogP contribution is 2.15. The quantitative estimate of drug-likeness (QED) is 0.885. The summed E-state index contributed by atoms with van der Waals surface area (Å²) in [5.41, 5.74) is 7.15. The lowest BCUT2D eigenvalue weighted by Gasteiger charge is -2.06. The lowest BCUT2D eigenvalue weighted by molar-refractivity contribution is -0.113. The lowest BCUT2D eigenvalue weighted by Crippen LogP contribution is -2.19. The first-order valence-corrected chi connectivity index (χ1v) is 7.89. The van der Waals surface area contributed by atoms with Crippen LogP contribution in [0.2, 0.25) is 0 Å². The summed E-state index contributed by atoms with van der Waals surface area (Å²) in [6, 6.07) is 10.9. The van der Waals surface area contributed by atoms with Gasteiger partial charge in [0.1, 0.15) is 5.75 Å². The first-order valence-electron chi connectivity index (χ1n) is 5.70. The monoisotopic (exact) mass is 294 g/mol. The average molecular weight is 294 g/mol. The van der Waals surface area contributed by atoms with Gasteiger partial charge in [-0.25, -0.2) is 0 Å². The number of hydrogen-bond donors (Lipinski definition) is 2. The third-order valence-electron chi connectivity index (χ3n) is 2.43. The topological polar surface area (TPSA) is 72.2 Å². The summed E-state index contributed by atoms with van der Waals surface area (Å²) in [6.07, 6.45) is 0. The highest BCUT2D eigenvalue weighted by Gasteiger charge is 2.11. The molecular weight excluding hydrogens is 280 g/mol. The molecule has 3 N–H and O–H groups in total. The summed E-state index contributed by atoms with van der Waals surface area (Å²) in [4.78, 5) is 11.8. The van der Waals surface area contributed by atoms with E-state index < -0.39 is 10.8 Å². The van der Waals surface area contributed by atoms with Crippen molar-refractivity contribution in [3.8, 4) is 0 Å². The first-order chi connectivity index (χ1) is 9.19. The Balaban J connectivity index is 1.95. The number of anilines is 1. The zero-order valence-electron chi connectivity index (χ0n) is 10.2. The average Bonchev–Trinajstić information content (AvgIpc) is 2.92. The van der Waals surface area contributed by atoms with E-state index in [4.69, 9.17) is 5.73 Å². The van der Waals surface area contributed by atoms with Crippen molar-refractivity contribution in [1.29, 1.82) is 0 Å². The van der Waals surface area contributed by atoms with Crippen LogP contribution in [-0.2, 0) is 22.1 Å². The fourth-order valence-corrected chi connectivity index (χ4v) is 3.46. The second-order valence-corrected chi connectivity index (χ2v) is 6.50. The molecule has 4 nitrogen and oxygen atoms in total. The normalized spacial score (nSPS) is 12.1. The van der Waals surface area contributed by atoms with Gasteiger partial charge >= 0.3 is 0 Å². The second kappa shape index (κ2) is 6.60. The number of nitrogens with two attached hydrogens (primary N) is 1. The summed E-state index contributed by atoms with van der Waals surface area (Å²) < 4.78 is 12.6. The van der Waals surface area contributed by atoms with Crippen LogP contribution in [-0.4, -0.2) is 15.9 Å². The molecule has 0 fully saturated rings. The zero-order valence-corrected chi connectivity index (χ0v) is 11.8. The van der Waals surface area contributed by atoms with Gasteiger partial charge in [-0.2, -0.15) is 0 Å². The molecule has 1 amide bonds. The molecule has 0 saturated carbocycles. The Kier molecular flexibility index (Phi) is 4.84. The van der Waals surface area contributed by atoms with Gasteiger partial charge in [0.25, 0.3) is 0 Å². The molecule has 1 heterocycles. The Bertz CT molecular complexity index is 582.